The zero-order chi connectivity index (χ0) is 15.0. The molecule has 116 valence electrons. The third-order valence-corrected chi connectivity index (χ3v) is 6.09. The van der Waals surface area contributed by atoms with Crippen molar-refractivity contribution < 1.29 is 0 Å². The van der Waals surface area contributed by atoms with Gasteiger partial charge in [-0.05, 0) is 73.5 Å². The second-order valence-electron chi connectivity index (χ2n) is 8.07. The van der Waals surface area contributed by atoms with Crippen LogP contribution in [0, 0.1) is 31.1 Å². The molecule has 3 rings (SSSR count). The molecule has 2 aliphatic rings. The van der Waals surface area contributed by atoms with Gasteiger partial charge in [-0.15, -0.1) is 0 Å². The predicted molar refractivity (Wildman–Crippen MR) is 90.6 cm³/mol. The second-order valence-corrected chi connectivity index (χ2v) is 8.07. The molecule has 1 aromatic carbocycles. The quantitative estimate of drug-likeness (QED) is 0.830. The van der Waals surface area contributed by atoms with Crippen molar-refractivity contribution in [2.24, 2.45) is 17.3 Å². The molecule has 0 aliphatic heterocycles. The Kier molecular flexibility index (Phi) is 4.14. The molecule has 2 aliphatic carbocycles. The number of rotatable bonds is 5. The number of nitrogens with one attached hydrogen (secondary N) is 1. The second kappa shape index (κ2) is 5.76. The van der Waals surface area contributed by atoms with Gasteiger partial charge in [0.1, 0.15) is 0 Å². The standard InChI is InChI=1S/C20H31N/c1-14(2)21-13-20(12-18-7-8-19(20)10-18)11-17-6-5-15(3)16(4)9-17/h5-6,9,14,18-19,21H,7-8,10-13H2,1-4H3. The van der Waals surface area contributed by atoms with Crippen molar-refractivity contribution in [3.63, 3.8) is 0 Å². The molecule has 3 atom stereocenters. The monoisotopic (exact) mass is 285 g/mol. The molecule has 0 aromatic heterocycles. The average Bonchev–Trinajstić information content (AvgIpc) is 3.02. The smallest absolute Gasteiger partial charge is 0.00161 e. The molecule has 0 heterocycles. The highest BCUT2D eigenvalue weighted by Crippen LogP contribution is 2.57. The summed E-state index contributed by atoms with van der Waals surface area (Å²) in [4.78, 5) is 0. The molecule has 21 heavy (non-hydrogen) atoms. The zero-order valence-electron chi connectivity index (χ0n) is 14.2. The molecular formula is C20H31N. The van der Waals surface area contributed by atoms with Crippen LogP contribution in [0.3, 0.4) is 0 Å². The van der Waals surface area contributed by atoms with Crippen LogP contribution in [0.25, 0.3) is 0 Å². The Bertz CT molecular complexity index is 505. The van der Waals surface area contributed by atoms with E-state index in [1.807, 2.05) is 0 Å². The largest absolute Gasteiger partial charge is 0.314 e. The summed E-state index contributed by atoms with van der Waals surface area (Å²) in [7, 11) is 0. The Morgan fingerprint density at radius 2 is 2.00 bits per heavy atom. The van der Waals surface area contributed by atoms with Crippen LogP contribution in [0.2, 0.25) is 0 Å². The number of hydrogen-bond acceptors (Lipinski definition) is 1. The number of hydrogen-bond donors (Lipinski definition) is 1. The van der Waals surface area contributed by atoms with Gasteiger partial charge < -0.3 is 5.32 Å². The Balaban J connectivity index is 1.80. The highest BCUT2D eigenvalue weighted by Gasteiger charge is 2.50. The Hall–Kier alpha value is -0.820. The van der Waals surface area contributed by atoms with E-state index in [1.54, 1.807) is 5.56 Å². The maximum absolute atomic E-state index is 3.76. The van der Waals surface area contributed by atoms with Gasteiger partial charge in [0.25, 0.3) is 0 Å². The van der Waals surface area contributed by atoms with Crippen LogP contribution in [0.5, 0.6) is 0 Å². The summed E-state index contributed by atoms with van der Waals surface area (Å²) in [6.45, 7) is 10.2. The maximum Gasteiger partial charge on any atom is 0.00161 e. The Morgan fingerprint density at radius 3 is 2.57 bits per heavy atom. The van der Waals surface area contributed by atoms with E-state index in [2.05, 4.69) is 51.2 Å². The van der Waals surface area contributed by atoms with Crippen molar-refractivity contribution >= 4 is 0 Å². The average molecular weight is 285 g/mol. The van der Waals surface area contributed by atoms with Crippen molar-refractivity contribution in [3.8, 4) is 0 Å². The van der Waals surface area contributed by atoms with Crippen LogP contribution < -0.4 is 5.32 Å². The maximum atomic E-state index is 3.76. The molecule has 3 unspecified atom stereocenters. The molecule has 0 radical (unpaired) electrons. The van der Waals surface area contributed by atoms with Gasteiger partial charge in [0, 0.05) is 12.6 Å². The van der Waals surface area contributed by atoms with Gasteiger partial charge >= 0.3 is 0 Å². The first kappa shape index (κ1) is 15.1. The summed E-state index contributed by atoms with van der Waals surface area (Å²) >= 11 is 0. The summed E-state index contributed by atoms with van der Waals surface area (Å²) < 4.78 is 0. The fourth-order valence-electron chi connectivity index (χ4n) is 4.78. The highest BCUT2D eigenvalue weighted by molar-refractivity contribution is 5.31. The van der Waals surface area contributed by atoms with Crippen LogP contribution in [-0.2, 0) is 6.42 Å². The number of aryl methyl sites for hydroxylation is 2. The SMILES string of the molecule is Cc1ccc(CC2(CNC(C)C)CC3CCC2C3)cc1C. The Labute approximate surface area is 130 Å². The molecule has 0 amide bonds. The minimum absolute atomic E-state index is 0.523. The molecular weight excluding hydrogens is 254 g/mol. The molecule has 2 bridgehead atoms. The lowest BCUT2D eigenvalue weighted by atomic mass is 9.69. The van der Waals surface area contributed by atoms with Crippen LogP contribution in [0.15, 0.2) is 18.2 Å². The van der Waals surface area contributed by atoms with Crippen molar-refractivity contribution in [2.75, 3.05) is 6.54 Å². The van der Waals surface area contributed by atoms with Crippen LogP contribution >= 0.6 is 0 Å². The van der Waals surface area contributed by atoms with E-state index in [0.29, 0.717) is 11.5 Å². The molecule has 1 nitrogen and oxygen atoms in total. The molecule has 2 saturated carbocycles. The molecule has 2 fully saturated rings. The fourth-order valence-corrected chi connectivity index (χ4v) is 4.78. The van der Waals surface area contributed by atoms with Gasteiger partial charge in [0.2, 0.25) is 0 Å². The predicted octanol–water partition coefficient (Wildman–Crippen LogP) is 4.65. The lowest BCUT2D eigenvalue weighted by Gasteiger charge is -2.39. The van der Waals surface area contributed by atoms with E-state index in [-0.39, 0.29) is 0 Å². The van der Waals surface area contributed by atoms with E-state index >= 15 is 0 Å². The highest BCUT2D eigenvalue weighted by atomic mass is 14.9. The first-order valence-electron chi connectivity index (χ1n) is 8.78. The molecule has 0 saturated heterocycles. The Morgan fingerprint density at radius 1 is 1.19 bits per heavy atom. The van der Waals surface area contributed by atoms with Gasteiger partial charge in [-0.2, -0.15) is 0 Å². The van der Waals surface area contributed by atoms with Crippen molar-refractivity contribution in [3.05, 3.63) is 34.9 Å². The van der Waals surface area contributed by atoms with E-state index in [0.717, 1.165) is 11.8 Å². The van der Waals surface area contributed by atoms with Gasteiger partial charge in [-0.3, -0.25) is 0 Å². The van der Waals surface area contributed by atoms with Crippen LogP contribution in [0.1, 0.15) is 56.2 Å². The van der Waals surface area contributed by atoms with E-state index < -0.39 is 0 Å². The van der Waals surface area contributed by atoms with Gasteiger partial charge in [-0.25, -0.2) is 0 Å². The first-order chi connectivity index (χ1) is 9.98. The summed E-state index contributed by atoms with van der Waals surface area (Å²) in [6, 6.07) is 7.70. The van der Waals surface area contributed by atoms with E-state index in [9.17, 15) is 0 Å². The number of benzene rings is 1. The molecule has 1 aromatic rings. The van der Waals surface area contributed by atoms with Crippen LogP contribution in [-0.4, -0.2) is 12.6 Å². The molecule has 1 N–H and O–H groups in total. The third kappa shape index (κ3) is 3.04. The number of fused-ring (bicyclic) bond motifs is 2. The summed E-state index contributed by atoms with van der Waals surface area (Å²) in [6.07, 6.45) is 7.17. The summed E-state index contributed by atoms with van der Waals surface area (Å²) in [5.74, 6) is 1.96. The topological polar surface area (TPSA) is 12.0 Å². The van der Waals surface area contributed by atoms with Crippen molar-refractivity contribution in [2.45, 2.75) is 65.8 Å². The van der Waals surface area contributed by atoms with E-state index in [4.69, 9.17) is 0 Å². The normalized spacial score (nSPS) is 31.3. The van der Waals surface area contributed by atoms with Gasteiger partial charge in [-0.1, -0.05) is 38.5 Å². The molecule has 0 spiro atoms. The van der Waals surface area contributed by atoms with E-state index in [1.165, 1.54) is 49.8 Å². The van der Waals surface area contributed by atoms with Crippen LogP contribution in [0.4, 0.5) is 0 Å². The third-order valence-electron chi connectivity index (χ3n) is 6.09. The summed E-state index contributed by atoms with van der Waals surface area (Å²) in [5, 5.41) is 3.76. The van der Waals surface area contributed by atoms with Gasteiger partial charge in [0.15, 0.2) is 0 Å². The minimum atomic E-state index is 0.523. The lowest BCUT2D eigenvalue weighted by molar-refractivity contribution is 0.152. The molecule has 1 heteroatoms. The van der Waals surface area contributed by atoms with Crippen molar-refractivity contribution in [1.82, 2.24) is 5.32 Å². The fraction of sp³-hybridized carbons (Fsp3) is 0.700. The zero-order valence-corrected chi connectivity index (χ0v) is 14.2. The lowest BCUT2D eigenvalue weighted by Crippen LogP contribution is -2.42. The summed E-state index contributed by atoms with van der Waals surface area (Å²) in [5.41, 5.74) is 4.94. The van der Waals surface area contributed by atoms with Gasteiger partial charge in [0.05, 0.1) is 0 Å². The minimum Gasteiger partial charge on any atom is -0.314 e. The first-order valence-corrected chi connectivity index (χ1v) is 8.78. The van der Waals surface area contributed by atoms with Crippen molar-refractivity contribution in [1.29, 1.82) is 0 Å².